The van der Waals surface area contributed by atoms with Crippen LogP contribution in [0.1, 0.15) is 12.0 Å². The van der Waals surface area contributed by atoms with E-state index in [1.54, 1.807) is 57.1 Å². The number of ether oxygens (including phenoxy) is 2. The van der Waals surface area contributed by atoms with E-state index in [9.17, 15) is 9.18 Å². The Bertz CT molecular complexity index is 844. The number of carbonyl (C=O) groups is 1. The van der Waals surface area contributed by atoms with Crippen LogP contribution in [-0.2, 0) is 11.3 Å². The van der Waals surface area contributed by atoms with Gasteiger partial charge >= 0.3 is 0 Å². The highest BCUT2D eigenvalue weighted by molar-refractivity contribution is 8.00. The summed E-state index contributed by atoms with van der Waals surface area (Å²) in [6.45, 7) is 1.34. The van der Waals surface area contributed by atoms with Gasteiger partial charge in [0.05, 0.1) is 20.3 Å². The Morgan fingerprint density at radius 3 is 2.52 bits per heavy atom. The summed E-state index contributed by atoms with van der Waals surface area (Å²) in [5.41, 5.74) is 0.982. The predicted octanol–water partition coefficient (Wildman–Crippen LogP) is 3.67. The van der Waals surface area contributed by atoms with E-state index < -0.39 is 0 Å². The van der Waals surface area contributed by atoms with Gasteiger partial charge in [-0.1, -0.05) is 0 Å². The second-order valence-corrected chi connectivity index (χ2v) is 8.66. The number of hydrogen-bond donors (Lipinski definition) is 0. The van der Waals surface area contributed by atoms with E-state index in [-0.39, 0.29) is 23.0 Å². The Morgan fingerprint density at radius 1 is 1.17 bits per heavy atom. The SMILES string of the molecule is COc1ccc(OC)c(CN2C[C@H](Sc3ccc(F)cc3)C[C@H]2C(=O)N(C)C)c1. The molecule has 7 heteroatoms. The van der Waals surface area contributed by atoms with Crippen LogP contribution in [-0.4, -0.2) is 61.9 Å². The van der Waals surface area contributed by atoms with E-state index in [2.05, 4.69) is 4.90 Å². The average molecular weight is 419 g/mol. The van der Waals surface area contributed by atoms with Gasteiger partial charge in [0.1, 0.15) is 17.3 Å². The summed E-state index contributed by atoms with van der Waals surface area (Å²) in [6.07, 6.45) is 0.741. The van der Waals surface area contributed by atoms with Crippen molar-refractivity contribution < 1.29 is 18.7 Å². The molecule has 1 aliphatic rings. The normalized spacial score (nSPS) is 19.2. The maximum atomic E-state index is 13.2. The highest BCUT2D eigenvalue weighted by Crippen LogP contribution is 2.35. The Labute approximate surface area is 175 Å². The summed E-state index contributed by atoms with van der Waals surface area (Å²) in [5.74, 6) is 1.38. The van der Waals surface area contributed by atoms with E-state index in [0.29, 0.717) is 6.54 Å². The smallest absolute Gasteiger partial charge is 0.239 e. The molecule has 0 radical (unpaired) electrons. The molecular weight excluding hydrogens is 391 g/mol. The number of thioether (sulfide) groups is 1. The lowest BCUT2D eigenvalue weighted by Gasteiger charge is -2.26. The second kappa shape index (κ2) is 9.50. The number of nitrogens with zero attached hydrogens (tertiary/aromatic N) is 2. The van der Waals surface area contributed by atoms with Gasteiger partial charge in [-0.15, -0.1) is 11.8 Å². The molecule has 29 heavy (non-hydrogen) atoms. The molecule has 1 amide bonds. The minimum Gasteiger partial charge on any atom is -0.497 e. The first-order chi connectivity index (χ1) is 13.9. The first-order valence-electron chi connectivity index (χ1n) is 9.49. The highest BCUT2D eigenvalue weighted by Gasteiger charge is 2.38. The Kier molecular flexibility index (Phi) is 7.03. The molecular formula is C22H27FN2O3S. The molecule has 5 nitrogen and oxygen atoms in total. The summed E-state index contributed by atoms with van der Waals surface area (Å²) >= 11 is 1.69. The number of carbonyl (C=O) groups excluding carboxylic acids is 1. The van der Waals surface area contributed by atoms with Gasteiger partial charge in [-0.25, -0.2) is 4.39 Å². The van der Waals surface area contributed by atoms with Gasteiger partial charge in [-0.3, -0.25) is 9.69 Å². The van der Waals surface area contributed by atoms with Crippen LogP contribution in [0.5, 0.6) is 11.5 Å². The molecule has 0 N–H and O–H groups in total. The van der Waals surface area contributed by atoms with Crippen molar-refractivity contribution in [2.75, 3.05) is 34.9 Å². The number of likely N-dealkylation sites (N-methyl/N-ethyl adjacent to an activating group) is 1. The summed E-state index contributed by atoms with van der Waals surface area (Å²) < 4.78 is 24.1. The number of methoxy groups -OCH3 is 2. The molecule has 156 valence electrons. The minimum atomic E-state index is -0.242. The van der Waals surface area contributed by atoms with Crippen molar-refractivity contribution in [3.8, 4) is 11.5 Å². The third-order valence-electron chi connectivity index (χ3n) is 5.07. The zero-order chi connectivity index (χ0) is 21.0. The molecule has 2 atom stereocenters. The maximum absolute atomic E-state index is 13.2. The van der Waals surface area contributed by atoms with Crippen molar-refractivity contribution in [3.63, 3.8) is 0 Å². The summed E-state index contributed by atoms with van der Waals surface area (Å²) in [6, 6.07) is 12.0. The number of likely N-dealkylation sites (tertiary alicyclic amines) is 1. The molecule has 1 saturated heterocycles. The van der Waals surface area contributed by atoms with Crippen molar-refractivity contribution in [2.24, 2.45) is 0 Å². The van der Waals surface area contributed by atoms with Crippen LogP contribution >= 0.6 is 11.8 Å². The van der Waals surface area contributed by atoms with Gasteiger partial charge in [0.2, 0.25) is 5.91 Å². The van der Waals surface area contributed by atoms with E-state index in [4.69, 9.17) is 9.47 Å². The van der Waals surface area contributed by atoms with Gasteiger partial charge in [0.15, 0.2) is 0 Å². The predicted molar refractivity (Wildman–Crippen MR) is 113 cm³/mol. The first kappa shape index (κ1) is 21.5. The fourth-order valence-corrected chi connectivity index (χ4v) is 4.83. The second-order valence-electron chi connectivity index (χ2n) is 7.29. The molecule has 0 spiro atoms. The first-order valence-corrected chi connectivity index (χ1v) is 10.4. The van der Waals surface area contributed by atoms with Crippen LogP contribution < -0.4 is 9.47 Å². The Morgan fingerprint density at radius 2 is 1.90 bits per heavy atom. The fourth-order valence-electron chi connectivity index (χ4n) is 3.61. The van der Waals surface area contributed by atoms with Crippen LogP contribution in [0.15, 0.2) is 47.4 Å². The molecule has 1 fully saturated rings. The van der Waals surface area contributed by atoms with Crippen LogP contribution in [0.3, 0.4) is 0 Å². The molecule has 1 heterocycles. The highest BCUT2D eigenvalue weighted by atomic mass is 32.2. The molecule has 0 saturated carbocycles. The van der Waals surface area contributed by atoms with Crippen molar-refractivity contribution in [2.45, 2.75) is 29.2 Å². The number of halogens is 1. The van der Waals surface area contributed by atoms with Crippen molar-refractivity contribution in [3.05, 3.63) is 53.8 Å². The zero-order valence-corrected chi connectivity index (χ0v) is 18.0. The molecule has 2 aromatic carbocycles. The molecule has 3 rings (SSSR count). The van der Waals surface area contributed by atoms with Crippen LogP contribution in [0.4, 0.5) is 4.39 Å². The quantitative estimate of drug-likeness (QED) is 0.686. The molecule has 0 aromatic heterocycles. The minimum absolute atomic E-state index is 0.0917. The lowest BCUT2D eigenvalue weighted by Crippen LogP contribution is -2.42. The monoisotopic (exact) mass is 418 g/mol. The topological polar surface area (TPSA) is 42.0 Å². The van der Waals surface area contributed by atoms with Crippen LogP contribution in [0.25, 0.3) is 0 Å². The lowest BCUT2D eigenvalue weighted by molar-refractivity contribution is -0.133. The average Bonchev–Trinajstić information content (AvgIpc) is 3.10. The number of rotatable bonds is 7. The van der Waals surface area contributed by atoms with E-state index in [0.717, 1.165) is 34.9 Å². The fraction of sp³-hybridized carbons (Fsp3) is 0.409. The molecule has 0 aliphatic carbocycles. The van der Waals surface area contributed by atoms with Crippen LogP contribution in [0, 0.1) is 5.82 Å². The van der Waals surface area contributed by atoms with Gasteiger partial charge < -0.3 is 14.4 Å². The lowest BCUT2D eigenvalue weighted by atomic mass is 10.1. The number of benzene rings is 2. The van der Waals surface area contributed by atoms with Gasteiger partial charge in [0.25, 0.3) is 0 Å². The summed E-state index contributed by atoms with van der Waals surface area (Å²) in [4.78, 5) is 17.7. The van der Waals surface area contributed by atoms with Gasteiger partial charge in [-0.2, -0.15) is 0 Å². The number of hydrogen-bond acceptors (Lipinski definition) is 5. The van der Waals surface area contributed by atoms with E-state index >= 15 is 0 Å². The van der Waals surface area contributed by atoms with Gasteiger partial charge in [-0.05, 0) is 48.9 Å². The zero-order valence-electron chi connectivity index (χ0n) is 17.2. The number of amides is 1. The summed E-state index contributed by atoms with van der Waals surface area (Å²) in [5, 5.41) is 0.242. The van der Waals surface area contributed by atoms with E-state index in [1.165, 1.54) is 12.1 Å². The van der Waals surface area contributed by atoms with Gasteiger partial charge in [0, 0.05) is 42.9 Å². The Hall–Kier alpha value is -2.25. The molecule has 0 unspecified atom stereocenters. The van der Waals surface area contributed by atoms with Crippen molar-refractivity contribution in [1.29, 1.82) is 0 Å². The largest absolute Gasteiger partial charge is 0.497 e. The third-order valence-corrected chi connectivity index (χ3v) is 6.29. The Balaban J connectivity index is 1.80. The maximum Gasteiger partial charge on any atom is 0.239 e. The van der Waals surface area contributed by atoms with E-state index in [1.807, 2.05) is 18.2 Å². The van der Waals surface area contributed by atoms with Crippen LogP contribution in [0.2, 0.25) is 0 Å². The standard InChI is InChI=1S/C22H27FN2O3S/c1-24(2)22(26)20-12-19(29-18-8-5-16(23)6-9-18)14-25(20)13-15-11-17(27-3)7-10-21(15)28-4/h5-11,19-20H,12-14H2,1-4H3/t19-,20+/m1/s1. The van der Waals surface area contributed by atoms with Crippen molar-refractivity contribution >= 4 is 17.7 Å². The third kappa shape index (κ3) is 5.22. The molecule has 2 aromatic rings. The summed E-state index contributed by atoms with van der Waals surface area (Å²) in [7, 11) is 6.85. The molecule has 1 aliphatic heterocycles. The van der Waals surface area contributed by atoms with Crippen molar-refractivity contribution in [1.82, 2.24) is 9.80 Å². The molecule has 0 bridgehead atoms.